The summed E-state index contributed by atoms with van der Waals surface area (Å²) >= 11 is 0. The van der Waals surface area contributed by atoms with E-state index in [0.29, 0.717) is 5.41 Å². The molecule has 1 heteroatoms. The quantitative estimate of drug-likeness (QED) is 0.628. The Hall–Kier alpha value is -0.0400. The van der Waals surface area contributed by atoms with Crippen LogP contribution in [0.3, 0.4) is 0 Å². The third-order valence-corrected chi connectivity index (χ3v) is 3.17. The Morgan fingerprint density at radius 2 is 2.08 bits per heavy atom. The monoisotopic (exact) mass is 169 g/mol. The standard InChI is InChI=1S/C11H23N/c1-5-6-11(4)7-8-12(9-11)10(2)3/h10H,5-9H2,1-4H3. The molecule has 72 valence electrons. The third-order valence-electron chi connectivity index (χ3n) is 3.17. The minimum absolute atomic E-state index is 0.624. The molecule has 0 amide bonds. The van der Waals surface area contributed by atoms with Crippen molar-refractivity contribution in [2.75, 3.05) is 13.1 Å². The van der Waals surface area contributed by atoms with Gasteiger partial charge in [0, 0.05) is 12.6 Å². The average molecular weight is 169 g/mol. The molecule has 0 bridgehead atoms. The van der Waals surface area contributed by atoms with Crippen molar-refractivity contribution >= 4 is 0 Å². The van der Waals surface area contributed by atoms with Gasteiger partial charge >= 0.3 is 0 Å². The van der Waals surface area contributed by atoms with Gasteiger partial charge in [-0.05, 0) is 38.6 Å². The van der Waals surface area contributed by atoms with Crippen LogP contribution in [0.1, 0.15) is 47.0 Å². The normalized spacial score (nSPS) is 31.8. The summed E-state index contributed by atoms with van der Waals surface area (Å²) in [5, 5.41) is 0. The van der Waals surface area contributed by atoms with E-state index in [0.717, 1.165) is 6.04 Å². The van der Waals surface area contributed by atoms with Gasteiger partial charge in [-0.25, -0.2) is 0 Å². The van der Waals surface area contributed by atoms with Crippen LogP contribution in [-0.4, -0.2) is 24.0 Å². The Bertz CT molecular complexity index is 142. The minimum Gasteiger partial charge on any atom is -0.300 e. The van der Waals surface area contributed by atoms with E-state index in [4.69, 9.17) is 0 Å². The maximum Gasteiger partial charge on any atom is 0.00388 e. The maximum atomic E-state index is 2.61. The zero-order valence-electron chi connectivity index (χ0n) is 9.06. The SMILES string of the molecule is CCCC1(C)CCN(C(C)C)C1. The molecular weight excluding hydrogens is 146 g/mol. The summed E-state index contributed by atoms with van der Waals surface area (Å²) in [4.78, 5) is 2.61. The van der Waals surface area contributed by atoms with Gasteiger partial charge in [-0.1, -0.05) is 20.3 Å². The Morgan fingerprint density at radius 1 is 1.42 bits per heavy atom. The lowest BCUT2D eigenvalue weighted by molar-refractivity contribution is 0.225. The highest BCUT2D eigenvalue weighted by Crippen LogP contribution is 2.35. The Balaban J connectivity index is 2.43. The van der Waals surface area contributed by atoms with Gasteiger partial charge in [0.1, 0.15) is 0 Å². The van der Waals surface area contributed by atoms with E-state index in [1.54, 1.807) is 0 Å². The van der Waals surface area contributed by atoms with Crippen molar-refractivity contribution in [2.45, 2.75) is 53.0 Å². The van der Waals surface area contributed by atoms with Crippen LogP contribution in [0.4, 0.5) is 0 Å². The molecule has 12 heavy (non-hydrogen) atoms. The number of hydrogen-bond acceptors (Lipinski definition) is 1. The Morgan fingerprint density at radius 3 is 2.50 bits per heavy atom. The fourth-order valence-electron chi connectivity index (χ4n) is 2.31. The van der Waals surface area contributed by atoms with Gasteiger partial charge < -0.3 is 4.90 Å². The number of nitrogens with zero attached hydrogens (tertiary/aromatic N) is 1. The summed E-state index contributed by atoms with van der Waals surface area (Å²) in [6, 6.07) is 0.740. The van der Waals surface area contributed by atoms with Gasteiger partial charge in [-0.2, -0.15) is 0 Å². The fourth-order valence-corrected chi connectivity index (χ4v) is 2.31. The van der Waals surface area contributed by atoms with Crippen LogP contribution in [0, 0.1) is 5.41 Å². The van der Waals surface area contributed by atoms with E-state index in [9.17, 15) is 0 Å². The Kier molecular flexibility index (Phi) is 3.16. The lowest BCUT2D eigenvalue weighted by atomic mass is 9.85. The first-order valence-corrected chi connectivity index (χ1v) is 5.31. The van der Waals surface area contributed by atoms with Crippen molar-refractivity contribution in [3.05, 3.63) is 0 Å². The molecule has 1 heterocycles. The van der Waals surface area contributed by atoms with Crippen LogP contribution >= 0.6 is 0 Å². The molecule has 1 rings (SSSR count). The highest BCUT2D eigenvalue weighted by Gasteiger charge is 2.33. The zero-order chi connectivity index (χ0) is 9.19. The van der Waals surface area contributed by atoms with E-state index >= 15 is 0 Å². The van der Waals surface area contributed by atoms with Gasteiger partial charge in [0.25, 0.3) is 0 Å². The molecule has 1 nitrogen and oxygen atoms in total. The van der Waals surface area contributed by atoms with Gasteiger partial charge in [0.05, 0.1) is 0 Å². The molecule has 1 aliphatic rings. The second kappa shape index (κ2) is 3.78. The average Bonchev–Trinajstić information content (AvgIpc) is 2.33. The van der Waals surface area contributed by atoms with Crippen LogP contribution in [0.5, 0.6) is 0 Å². The second-order valence-electron chi connectivity index (χ2n) is 4.87. The summed E-state index contributed by atoms with van der Waals surface area (Å²) in [6.45, 7) is 12.0. The summed E-state index contributed by atoms with van der Waals surface area (Å²) in [6.07, 6.45) is 4.14. The second-order valence-corrected chi connectivity index (χ2v) is 4.87. The summed E-state index contributed by atoms with van der Waals surface area (Å²) in [5.41, 5.74) is 0.624. The van der Waals surface area contributed by atoms with Gasteiger partial charge in [-0.3, -0.25) is 0 Å². The topological polar surface area (TPSA) is 3.24 Å². The lowest BCUT2D eigenvalue weighted by Gasteiger charge is -2.26. The minimum atomic E-state index is 0.624. The molecule has 0 N–H and O–H groups in total. The number of likely N-dealkylation sites (tertiary alicyclic amines) is 1. The van der Waals surface area contributed by atoms with Crippen molar-refractivity contribution in [3.8, 4) is 0 Å². The summed E-state index contributed by atoms with van der Waals surface area (Å²) in [5.74, 6) is 0. The molecule has 0 spiro atoms. The summed E-state index contributed by atoms with van der Waals surface area (Å²) in [7, 11) is 0. The number of rotatable bonds is 3. The molecule has 0 radical (unpaired) electrons. The first kappa shape index (κ1) is 10.0. The molecule has 1 unspecified atom stereocenters. The molecule has 0 aromatic carbocycles. The molecule has 0 aromatic rings. The van der Waals surface area contributed by atoms with Gasteiger partial charge in [0.2, 0.25) is 0 Å². The van der Waals surface area contributed by atoms with Crippen molar-refractivity contribution in [1.82, 2.24) is 4.90 Å². The number of hydrogen-bond donors (Lipinski definition) is 0. The lowest BCUT2D eigenvalue weighted by Crippen LogP contribution is -2.30. The highest BCUT2D eigenvalue weighted by molar-refractivity contribution is 4.87. The van der Waals surface area contributed by atoms with E-state index in [2.05, 4.69) is 32.6 Å². The molecule has 1 atom stereocenters. The predicted octanol–water partition coefficient (Wildman–Crippen LogP) is 2.91. The first-order valence-electron chi connectivity index (χ1n) is 5.31. The maximum absolute atomic E-state index is 2.61. The van der Waals surface area contributed by atoms with Crippen molar-refractivity contribution in [2.24, 2.45) is 5.41 Å². The smallest absolute Gasteiger partial charge is 0.00388 e. The summed E-state index contributed by atoms with van der Waals surface area (Å²) < 4.78 is 0. The molecule has 0 aromatic heterocycles. The molecule has 1 saturated heterocycles. The fraction of sp³-hybridized carbons (Fsp3) is 1.00. The molecule has 0 aliphatic carbocycles. The van der Waals surface area contributed by atoms with Crippen molar-refractivity contribution in [3.63, 3.8) is 0 Å². The van der Waals surface area contributed by atoms with E-state index in [1.807, 2.05) is 0 Å². The van der Waals surface area contributed by atoms with Crippen LogP contribution < -0.4 is 0 Å². The van der Waals surface area contributed by atoms with E-state index in [-0.39, 0.29) is 0 Å². The molecule has 1 fully saturated rings. The molecule has 0 saturated carbocycles. The van der Waals surface area contributed by atoms with Crippen molar-refractivity contribution in [1.29, 1.82) is 0 Å². The van der Waals surface area contributed by atoms with Crippen LogP contribution in [-0.2, 0) is 0 Å². The zero-order valence-corrected chi connectivity index (χ0v) is 9.06. The van der Waals surface area contributed by atoms with E-state index in [1.165, 1.54) is 32.4 Å². The van der Waals surface area contributed by atoms with Crippen LogP contribution in [0.15, 0.2) is 0 Å². The molecular formula is C11H23N. The van der Waals surface area contributed by atoms with Gasteiger partial charge in [0.15, 0.2) is 0 Å². The highest BCUT2D eigenvalue weighted by atomic mass is 15.2. The van der Waals surface area contributed by atoms with Crippen molar-refractivity contribution < 1.29 is 0 Å². The largest absolute Gasteiger partial charge is 0.300 e. The Labute approximate surface area is 77.1 Å². The first-order chi connectivity index (χ1) is 5.57. The predicted molar refractivity (Wildman–Crippen MR) is 54.3 cm³/mol. The van der Waals surface area contributed by atoms with E-state index < -0.39 is 0 Å². The third kappa shape index (κ3) is 2.22. The van der Waals surface area contributed by atoms with Crippen LogP contribution in [0.2, 0.25) is 0 Å². The van der Waals surface area contributed by atoms with Gasteiger partial charge in [-0.15, -0.1) is 0 Å². The molecule has 1 aliphatic heterocycles. The van der Waals surface area contributed by atoms with Crippen LogP contribution in [0.25, 0.3) is 0 Å².